The molecule has 5 fully saturated rings. The molecule has 0 aromatic heterocycles. The van der Waals surface area contributed by atoms with Gasteiger partial charge in [-0.3, -0.25) is 4.79 Å². The fourth-order valence-corrected chi connectivity index (χ4v) is 6.03. The normalized spacial score (nSPS) is 46.1. The molecular weight excluding hydrogens is 248 g/mol. The van der Waals surface area contributed by atoms with Crippen molar-refractivity contribution in [3.63, 3.8) is 0 Å². The Bertz CT molecular complexity index is 366. The predicted octanol–water partition coefficient (Wildman–Crippen LogP) is 2.13. The van der Waals surface area contributed by atoms with Gasteiger partial charge < -0.3 is 10.2 Å². The highest BCUT2D eigenvalue weighted by Crippen LogP contribution is 2.57. The highest BCUT2D eigenvalue weighted by molar-refractivity contribution is 5.80. The largest absolute Gasteiger partial charge is 0.342 e. The zero-order valence-electron chi connectivity index (χ0n) is 12.7. The third-order valence-corrected chi connectivity index (χ3v) is 6.60. The van der Waals surface area contributed by atoms with Crippen LogP contribution in [0.5, 0.6) is 0 Å². The Kier molecular flexibility index (Phi) is 3.29. The second kappa shape index (κ2) is 5.01. The fourth-order valence-electron chi connectivity index (χ4n) is 6.03. The first kappa shape index (κ1) is 13.1. The van der Waals surface area contributed by atoms with E-state index in [1.807, 2.05) is 7.05 Å². The summed E-state index contributed by atoms with van der Waals surface area (Å²) in [5.74, 6) is 5.02. The van der Waals surface area contributed by atoms with Gasteiger partial charge >= 0.3 is 0 Å². The van der Waals surface area contributed by atoms with Crippen LogP contribution in [0.3, 0.4) is 0 Å². The molecule has 1 amide bonds. The lowest BCUT2D eigenvalue weighted by Gasteiger charge is -2.54. The number of nitrogens with zero attached hydrogens (tertiary/aromatic N) is 1. The third-order valence-electron chi connectivity index (χ3n) is 6.60. The second-order valence-corrected chi connectivity index (χ2v) is 7.95. The number of carbonyl (C=O) groups is 1. The minimum Gasteiger partial charge on any atom is -0.342 e. The highest BCUT2D eigenvalue weighted by Gasteiger charge is 2.51. The Balaban J connectivity index is 1.44. The van der Waals surface area contributed by atoms with Crippen LogP contribution in [0.15, 0.2) is 0 Å². The molecule has 5 aliphatic rings. The molecule has 0 spiro atoms. The lowest BCUT2D eigenvalue weighted by Crippen LogP contribution is -2.51. The summed E-state index contributed by atoms with van der Waals surface area (Å²) in [6, 6.07) is 0. The van der Waals surface area contributed by atoms with Crippen molar-refractivity contribution >= 4 is 5.91 Å². The predicted molar refractivity (Wildman–Crippen MR) is 79.1 cm³/mol. The molecule has 3 heteroatoms. The molecule has 0 aromatic carbocycles. The van der Waals surface area contributed by atoms with Crippen molar-refractivity contribution in [2.75, 3.05) is 26.7 Å². The van der Waals surface area contributed by atoms with Gasteiger partial charge in [-0.25, -0.2) is 0 Å². The molecule has 1 atom stereocenters. The van der Waals surface area contributed by atoms with Crippen LogP contribution in [-0.2, 0) is 4.79 Å². The first-order valence-electron chi connectivity index (χ1n) is 8.68. The van der Waals surface area contributed by atoms with E-state index in [4.69, 9.17) is 0 Å². The number of rotatable bonds is 3. The first-order chi connectivity index (χ1) is 9.74. The number of likely N-dealkylation sites (tertiary alicyclic amines) is 1. The Hall–Kier alpha value is -0.570. The second-order valence-electron chi connectivity index (χ2n) is 7.95. The summed E-state index contributed by atoms with van der Waals surface area (Å²) in [6.45, 7) is 3.07. The van der Waals surface area contributed by atoms with Crippen LogP contribution in [0.2, 0.25) is 0 Å². The maximum absolute atomic E-state index is 13.0. The van der Waals surface area contributed by atoms with Gasteiger partial charge in [-0.1, -0.05) is 0 Å². The number of hydrogen-bond acceptors (Lipinski definition) is 2. The van der Waals surface area contributed by atoms with Gasteiger partial charge in [0.2, 0.25) is 5.91 Å². The van der Waals surface area contributed by atoms with E-state index in [-0.39, 0.29) is 0 Å². The molecule has 112 valence electrons. The Labute approximate surface area is 122 Å². The maximum Gasteiger partial charge on any atom is 0.226 e. The molecule has 3 nitrogen and oxygen atoms in total. The van der Waals surface area contributed by atoms with Gasteiger partial charge in [-0.05, 0) is 81.7 Å². The van der Waals surface area contributed by atoms with Crippen LogP contribution in [-0.4, -0.2) is 37.5 Å². The Morgan fingerprint density at radius 2 is 1.75 bits per heavy atom. The fraction of sp³-hybridized carbons (Fsp3) is 0.941. The molecule has 20 heavy (non-hydrogen) atoms. The smallest absolute Gasteiger partial charge is 0.226 e. The molecule has 0 radical (unpaired) electrons. The van der Waals surface area contributed by atoms with Crippen molar-refractivity contribution in [3.05, 3.63) is 0 Å². The van der Waals surface area contributed by atoms with E-state index in [1.54, 1.807) is 0 Å². The van der Waals surface area contributed by atoms with Crippen molar-refractivity contribution in [3.8, 4) is 0 Å². The molecule has 0 aromatic rings. The molecule has 1 N–H and O–H groups in total. The van der Waals surface area contributed by atoms with E-state index in [9.17, 15) is 4.79 Å². The standard InChI is InChI=1S/C17H28N2O/c1-18-9-11-2-3-19(10-11)17(20)16-14-5-12-4-13(7-14)8-15(16)6-12/h11-16,18H,2-10H2,1H3. The summed E-state index contributed by atoms with van der Waals surface area (Å²) < 4.78 is 0. The number of amides is 1. The Morgan fingerprint density at radius 1 is 1.10 bits per heavy atom. The van der Waals surface area contributed by atoms with Gasteiger partial charge in [0, 0.05) is 19.0 Å². The van der Waals surface area contributed by atoms with Gasteiger partial charge in [0.1, 0.15) is 0 Å². The van der Waals surface area contributed by atoms with Crippen molar-refractivity contribution in [1.29, 1.82) is 0 Å². The van der Waals surface area contributed by atoms with Crippen molar-refractivity contribution in [2.24, 2.45) is 35.5 Å². The molecule has 4 bridgehead atoms. The Morgan fingerprint density at radius 3 is 2.35 bits per heavy atom. The van der Waals surface area contributed by atoms with Gasteiger partial charge in [0.15, 0.2) is 0 Å². The highest BCUT2D eigenvalue weighted by atomic mass is 16.2. The van der Waals surface area contributed by atoms with Crippen molar-refractivity contribution < 1.29 is 4.79 Å². The van der Waals surface area contributed by atoms with E-state index in [1.165, 1.54) is 38.5 Å². The van der Waals surface area contributed by atoms with Gasteiger partial charge in [0.05, 0.1) is 0 Å². The minimum atomic E-state index is 0.399. The van der Waals surface area contributed by atoms with E-state index >= 15 is 0 Å². The summed E-state index contributed by atoms with van der Waals surface area (Å²) in [4.78, 5) is 15.2. The van der Waals surface area contributed by atoms with E-state index in [0.29, 0.717) is 17.7 Å². The number of hydrogen-bond donors (Lipinski definition) is 1. The van der Waals surface area contributed by atoms with Crippen LogP contribution >= 0.6 is 0 Å². The van der Waals surface area contributed by atoms with E-state index in [2.05, 4.69) is 10.2 Å². The van der Waals surface area contributed by atoms with Gasteiger partial charge in [0.25, 0.3) is 0 Å². The first-order valence-corrected chi connectivity index (χ1v) is 8.68. The monoisotopic (exact) mass is 276 g/mol. The lowest BCUT2D eigenvalue weighted by molar-refractivity contribution is -0.148. The summed E-state index contributed by atoms with van der Waals surface area (Å²) >= 11 is 0. The van der Waals surface area contributed by atoms with Crippen LogP contribution < -0.4 is 5.32 Å². The van der Waals surface area contributed by atoms with Crippen molar-refractivity contribution in [1.82, 2.24) is 10.2 Å². The SMILES string of the molecule is CNCC1CCN(C(=O)C2C3CC4CC(C3)CC2C4)C1. The summed E-state index contributed by atoms with van der Waals surface area (Å²) in [5, 5.41) is 3.26. The van der Waals surface area contributed by atoms with Crippen molar-refractivity contribution in [2.45, 2.75) is 38.5 Å². The van der Waals surface area contributed by atoms with E-state index < -0.39 is 0 Å². The molecule has 1 heterocycles. The zero-order valence-corrected chi connectivity index (χ0v) is 12.7. The molecule has 4 aliphatic carbocycles. The maximum atomic E-state index is 13.0. The molecular formula is C17H28N2O. The average molecular weight is 276 g/mol. The number of carbonyl (C=O) groups excluding carboxylic acids is 1. The topological polar surface area (TPSA) is 32.3 Å². The van der Waals surface area contributed by atoms with Crippen LogP contribution in [0.1, 0.15) is 38.5 Å². The summed E-state index contributed by atoms with van der Waals surface area (Å²) in [6.07, 6.45) is 8.10. The average Bonchev–Trinajstić information content (AvgIpc) is 2.86. The van der Waals surface area contributed by atoms with Gasteiger partial charge in [-0.15, -0.1) is 0 Å². The third kappa shape index (κ3) is 2.09. The molecule has 1 aliphatic heterocycles. The van der Waals surface area contributed by atoms with Crippen LogP contribution in [0.4, 0.5) is 0 Å². The zero-order chi connectivity index (χ0) is 13.7. The number of nitrogens with one attached hydrogen (secondary N) is 1. The van der Waals surface area contributed by atoms with E-state index in [0.717, 1.165) is 43.3 Å². The van der Waals surface area contributed by atoms with Crippen LogP contribution in [0, 0.1) is 35.5 Å². The summed E-state index contributed by atoms with van der Waals surface area (Å²) in [5.41, 5.74) is 0. The molecule has 4 saturated carbocycles. The van der Waals surface area contributed by atoms with Crippen LogP contribution in [0.25, 0.3) is 0 Å². The lowest BCUT2D eigenvalue weighted by atomic mass is 9.51. The molecule has 1 saturated heterocycles. The summed E-state index contributed by atoms with van der Waals surface area (Å²) in [7, 11) is 2.02. The molecule has 5 rings (SSSR count). The quantitative estimate of drug-likeness (QED) is 0.856. The minimum absolute atomic E-state index is 0.399. The van der Waals surface area contributed by atoms with Gasteiger partial charge in [-0.2, -0.15) is 0 Å². The molecule has 1 unspecified atom stereocenters.